The highest BCUT2D eigenvalue weighted by Crippen LogP contribution is 2.31. The van der Waals surface area contributed by atoms with Crippen LogP contribution in [0.4, 0.5) is 8.63 Å². The molecule has 0 saturated heterocycles. The van der Waals surface area contributed by atoms with Crippen molar-refractivity contribution in [3.8, 4) is 0 Å². The minimum absolute atomic E-state index is 0.550. The lowest BCUT2D eigenvalue weighted by Crippen LogP contribution is -2.15. The highest BCUT2D eigenvalue weighted by molar-refractivity contribution is 8.07. The van der Waals surface area contributed by atoms with Gasteiger partial charge in [0.25, 0.3) is 0 Å². The second kappa shape index (κ2) is 4.92. The summed E-state index contributed by atoms with van der Waals surface area (Å²) in [6, 6.07) is 3.35. The smallest absolute Gasteiger partial charge is 0.331 e. The topological polar surface area (TPSA) is 7.94 Å². The summed E-state index contributed by atoms with van der Waals surface area (Å²) in [4.78, 5) is 0.850. The van der Waals surface area contributed by atoms with Crippen molar-refractivity contribution in [3.63, 3.8) is 0 Å². The molecule has 0 aromatic carbocycles. The number of aromatic nitrogens is 1. The van der Waals surface area contributed by atoms with Crippen molar-refractivity contribution in [2.75, 3.05) is 13.3 Å². The molecule has 0 amide bonds. The van der Waals surface area contributed by atoms with Gasteiger partial charge < -0.3 is 4.48 Å². The monoisotopic (exact) mass is 253 g/mol. The van der Waals surface area contributed by atoms with Gasteiger partial charge >= 0.3 is 7.40 Å². The highest BCUT2D eigenvalue weighted by atomic mass is 32.2. The van der Waals surface area contributed by atoms with Crippen LogP contribution in [0.25, 0.3) is 4.91 Å². The van der Waals surface area contributed by atoms with E-state index >= 15 is 0 Å². The lowest BCUT2D eigenvalue weighted by Gasteiger charge is -2.08. The first kappa shape index (κ1) is 12.2. The van der Waals surface area contributed by atoms with Crippen molar-refractivity contribution < 1.29 is 13.2 Å². The minimum atomic E-state index is -2.51. The second-order valence-corrected chi connectivity index (χ2v) is 4.43. The average molecular weight is 253 g/mol. The zero-order chi connectivity index (χ0) is 12.4. The summed E-state index contributed by atoms with van der Waals surface area (Å²) in [7, 11) is -0.608. The Morgan fingerprint density at radius 1 is 1.47 bits per heavy atom. The first-order chi connectivity index (χ1) is 8.15. The molecule has 1 aromatic heterocycles. The summed E-state index contributed by atoms with van der Waals surface area (Å²) < 4.78 is 28.6. The number of rotatable bonds is 3. The van der Waals surface area contributed by atoms with Gasteiger partial charge in [0.15, 0.2) is 6.21 Å². The van der Waals surface area contributed by atoms with Gasteiger partial charge in [-0.05, 0) is 24.6 Å². The van der Waals surface area contributed by atoms with Crippen molar-refractivity contribution in [1.29, 1.82) is 0 Å². The van der Waals surface area contributed by atoms with E-state index in [9.17, 15) is 8.63 Å². The Morgan fingerprint density at radius 3 is 2.76 bits per heavy atom. The number of hydrogen-bond donors (Lipinski definition) is 0. The molecule has 2 heterocycles. The molecular weight excluding hydrogens is 241 g/mol. The third-order valence-electron chi connectivity index (χ3n) is 2.60. The standard InChI is InChI=1S/C11H12BF2N2S/c1-15-7-3-5-9(15)11(17-2)10-6-4-8-16(10)12(13)14/h3-8H,1-2H3/q+1. The van der Waals surface area contributed by atoms with Gasteiger partial charge in [-0.3, -0.25) is 8.63 Å². The quantitative estimate of drug-likeness (QED) is 0.593. The lowest BCUT2D eigenvalue weighted by molar-refractivity contribution is -0.427. The van der Waals surface area contributed by atoms with Gasteiger partial charge in [0.2, 0.25) is 5.70 Å². The van der Waals surface area contributed by atoms with E-state index in [1.807, 2.05) is 36.2 Å². The fraction of sp³-hybridized carbons (Fsp3) is 0.182. The molecule has 1 aliphatic heterocycles. The van der Waals surface area contributed by atoms with Crippen LogP contribution in [0, 0.1) is 0 Å². The predicted molar refractivity (Wildman–Crippen MR) is 69.6 cm³/mol. The summed E-state index contributed by atoms with van der Waals surface area (Å²) in [5.74, 6) is 0. The Morgan fingerprint density at radius 2 is 2.24 bits per heavy atom. The van der Waals surface area contributed by atoms with Gasteiger partial charge in [-0.25, -0.2) is 4.58 Å². The highest BCUT2D eigenvalue weighted by Gasteiger charge is 2.25. The number of hydrogen-bond acceptors (Lipinski definition) is 1. The molecule has 2 rings (SSSR count). The van der Waals surface area contributed by atoms with Crippen LogP contribution in [0.1, 0.15) is 5.69 Å². The molecule has 0 radical (unpaired) electrons. The molecule has 88 valence electrons. The Labute approximate surface area is 104 Å². The Hall–Kier alpha value is -1.30. The fourth-order valence-corrected chi connectivity index (χ4v) is 2.60. The van der Waals surface area contributed by atoms with Crippen LogP contribution < -0.4 is 0 Å². The zero-order valence-corrected chi connectivity index (χ0v) is 10.4. The molecule has 0 bridgehead atoms. The van der Waals surface area contributed by atoms with Crippen LogP contribution in [-0.2, 0) is 0 Å². The third kappa shape index (κ3) is 2.22. The number of thioether (sulfide) groups is 1. The van der Waals surface area contributed by atoms with E-state index in [0.717, 1.165) is 15.1 Å². The second-order valence-electron chi connectivity index (χ2n) is 3.62. The zero-order valence-electron chi connectivity index (χ0n) is 9.60. The van der Waals surface area contributed by atoms with Gasteiger partial charge in [-0.2, -0.15) is 0 Å². The molecule has 0 saturated carbocycles. The van der Waals surface area contributed by atoms with Gasteiger partial charge in [0, 0.05) is 12.2 Å². The van der Waals surface area contributed by atoms with Crippen molar-refractivity contribution in [2.24, 2.45) is 0 Å². The minimum Gasteiger partial charge on any atom is -0.331 e. The maximum atomic E-state index is 12.8. The van der Waals surface area contributed by atoms with Crippen LogP contribution in [0.15, 0.2) is 36.2 Å². The van der Waals surface area contributed by atoms with Crippen LogP contribution in [0.3, 0.4) is 0 Å². The van der Waals surface area contributed by atoms with Crippen LogP contribution in [0.5, 0.6) is 0 Å². The molecule has 1 aliphatic rings. The molecule has 0 atom stereocenters. The van der Waals surface area contributed by atoms with E-state index in [1.165, 1.54) is 18.0 Å². The third-order valence-corrected chi connectivity index (χ3v) is 3.43. The molecule has 2 nitrogen and oxygen atoms in total. The van der Waals surface area contributed by atoms with Crippen LogP contribution >= 0.6 is 11.8 Å². The molecule has 0 N–H and O–H groups in total. The number of likely N-dealkylation sites (N-methyl/N-ethyl adjacent to an activating group) is 1. The van der Waals surface area contributed by atoms with Crippen molar-refractivity contribution in [3.05, 3.63) is 41.9 Å². The van der Waals surface area contributed by atoms with E-state index in [4.69, 9.17) is 0 Å². The Kier molecular flexibility index (Phi) is 3.52. The van der Waals surface area contributed by atoms with Crippen molar-refractivity contribution >= 4 is 30.3 Å². The summed E-state index contributed by atoms with van der Waals surface area (Å²) in [5.41, 5.74) is 1.49. The summed E-state index contributed by atoms with van der Waals surface area (Å²) in [6.07, 6.45) is 9.03. The first-order valence-corrected chi connectivity index (χ1v) is 6.35. The van der Waals surface area contributed by atoms with E-state index in [1.54, 1.807) is 12.1 Å². The van der Waals surface area contributed by atoms with E-state index in [0.29, 0.717) is 5.69 Å². The summed E-state index contributed by atoms with van der Waals surface area (Å²) in [6.45, 7) is 0. The van der Waals surface area contributed by atoms with E-state index < -0.39 is 7.40 Å². The Balaban J connectivity index is 2.54. The van der Waals surface area contributed by atoms with Crippen LogP contribution in [0.2, 0.25) is 0 Å². The molecule has 17 heavy (non-hydrogen) atoms. The maximum absolute atomic E-state index is 12.8. The average Bonchev–Trinajstić information content (AvgIpc) is 2.90. The Bertz CT molecular complexity index is 517. The summed E-state index contributed by atoms with van der Waals surface area (Å²) >= 11 is 1.47. The number of nitrogens with zero attached hydrogens (tertiary/aromatic N) is 2. The van der Waals surface area contributed by atoms with Crippen molar-refractivity contribution in [2.45, 2.75) is 0 Å². The van der Waals surface area contributed by atoms with Crippen molar-refractivity contribution in [1.82, 2.24) is 4.48 Å². The van der Waals surface area contributed by atoms with Gasteiger partial charge in [-0.15, -0.1) is 11.8 Å². The van der Waals surface area contributed by atoms with E-state index in [-0.39, 0.29) is 0 Å². The molecule has 0 aliphatic carbocycles. The molecule has 0 spiro atoms. The van der Waals surface area contributed by atoms with Crippen LogP contribution in [-0.4, -0.2) is 36.0 Å². The SMILES string of the molecule is CS/C(=C1\C=CC=[N+]1C)c1cccn1B(F)F. The molecule has 0 fully saturated rings. The maximum Gasteiger partial charge on any atom is 0.677 e. The normalized spacial score (nSPS) is 17.3. The number of allylic oxidation sites excluding steroid dienone is 2. The largest absolute Gasteiger partial charge is 0.677 e. The summed E-state index contributed by atoms with van der Waals surface area (Å²) in [5, 5.41) is 0. The lowest BCUT2D eigenvalue weighted by atomic mass is 10.2. The molecular formula is C11H12BF2N2S+. The number of halogens is 2. The first-order valence-electron chi connectivity index (χ1n) is 5.13. The van der Waals surface area contributed by atoms with Gasteiger partial charge in [0.05, 0.1) is 5.69 Å². The molecule has 0 unspecified atom stereocenters. The fourth-order valence-electron chi connectivity index (χ4n) is 1.79. The molecule has 6 heteroatoms. The van der Waals surface area contributed by atoms with E-state index in [2.05, 4.69) is 0 Å². The van der Waals surface area contributed by atoms with Gasteiger partial charge in [0.1, 0.15) is 12.0 Å². The van der Waals surface area contributed by atoms with Gasteiger partial charge in [-0.1, -0.05) is 0 Å². The molecule has 1 aromatic rings. The predicted octanol–water partition coefficient (Wildman–Crippen LogP) is 2.57.